The number of nitrogens with one attached hydrogen (secondary N) is 1. The lowest BCUT2D eigenvalue weighted by Crippen LogP contribution is -2.46. The van der Waals surface area contributed by atoms with Crippen molar-refractivity contribution in [3.63, 3.8) is 0 Å². The highest BCUT2D eigenvalue weighted by atomic mass is 16.5. The quantitative estimate of drug-likeness (QED) is 0.635. The van der Waals surface area contributed by atoms with Crippen LogP contribution in [-0.4, -0.2) is 64.6 Å². The van der Waals surface area contributed by atoms with Gasteiger partial charge in [-0.2, -0.15) is 0 Å². The van der Waals surface area contributed by atoms with Gasteiger partial charge in [-0.05, 0) is 37.1 Å². The summed E-state index contributed by atoms with van der Waals surface area (Å²) in [4.78, 5) is 2.50. The van der Waals surface area contributed by atoms with E-state index >= 15 is 0 Å². The second-order valence-corrected chi connectivity index (χ2v) is 7.01. The second-order valence-electron chi connectivity index (χ2n) is 7.01. The SMILES string of the molecule is CCCNC1C(CN(CCOC)CCOC)CCC1(C)C. The van der Waals surface area contributed by atoms with Crippen molar-refractivity contribution >= 4 is 0 Å². The topological polar surface area (TPSA) is 33.7 Å². The van der Waals surface area contributed by atoms with Crippen LogP contribution in [0.25, 0.3) is 0 Å². The minimum Gasteiger partial charge on any atom is -0.383 e. The van der Waals surface area contributed by atoms with Gasteiger partial charge in [-0.25, -0.2) is 0 Å². The Kier molecular flexibility index (Phi) is 8.79. The molecular formula is C17H36N2O2. The smallest absolute Gasteiger partial charge is 0.0589 e. The zero-order chi connectivity index (χ0) is 15.7. The molecule has 0 amide bonds. The molecular weight excluding hydrogens is 264 g/mol. The van der Waals surface area contributed by atoms with E-state index in [2.05, 4.69) is 31.0 Å². The first-order chi connectivity index (χ1) is 10.0. The summed E-state index contributed by atoms with van der Waals surface area (Å²) in [5, 5.41) is 3.80. The molecule has 0 aromatic heterocycles. The first kappa shape index (κ1) is 18.9. The van der Waals surface area contributed by atoms with Crippen LogP contribution < -0.4 is 5.32 Å². The predicted molar refractivity (Wildman–Crippen MR) is 88.8 cm³/mol. The Morgan fingerprint density at radius 1 is 1.14 bits per heavy atom. The molecule has 4 heteroatoms. The summed E-state index contributed by atoms with van der Waals surface area (Å²) in [6, 6.07) is 0.630. The molecule has 1 saturated carbocycles. The number of hydrogen-bond donors (Lipinski definition) is 1. The number of hydrogen-bond acceptors (Lipinski definition) is 4. The summed E-state index contributed by atoms with van der Waals surface area (Å²) in [5.74, 6) is 0.736. The molecule has 0 spiro atoms. The predicted octanol–water partition coefficient (Wildman–Crippen LogP) is 2.39. The molecule has 0 aromatic carbocycles. The fourth-order valence-corrected chi connectivity index (χ4v) is 3.52. The first-order valence-electron chi connectivity index (χ1n) is 8.48. The Labute approximate surface area is 131 Å². The molecule has 0 aromatic rings. The largest absolute Gasteiger partial charge is 0.383 e. The standard InChI is InChI=1S/C17H36N2O2/c1-6-9-18-16-15(7-8-17(16,2)3)14-19(10-12-20-4)11-13-21-5/h15-16,18H,6-14H2,1-5H3. The average molecular weight is 300 g/mol. The lowest BCUT2D eigenvalue weighted by atomic mass is 9.84. The number of nitrogens with zero attached hydrogens (tertiary/aromatic N) is 1. The van der Waals surface area contributed by atoms with Crippen LogP contribution in [0.3, 0.4) is 0 Å². The van der Waals surface area contributed by atoms with Gasteiger partial charge < -0.3 is 14.8 Å². The third-order valence-electron chi connectivity index (χ3n) is 4.80. The van der Waals surface area contributed by atoms with Gasteiger partial charge in [0.1, 0.15) is 0 Å². The third kappa shape index (κ3) is 6.23. The van der Waals surface area contributed by atoms with E-state index in [-0.39, 0.29) is 0 Å². The van der Waals surface area contributed by atoms with Crippen molar-refractivity contribution in [3.8, 4) is 0 Å². The van der Waals surface area contributed by atoms with E-state index in [0.717, 1.165) is 45.3 Å². The number of rotatable bonds is 11. The van der Waals surface area contributed by atoms with Crippen molar-refractivity contribution in [2.75, 3.05) is 53.6 Å². The van der Waals surface area contributed by atoms with Crippen molar-refractivity contribution in [3.05, 3.63) is 0 Å². The molecule has 1 N–H and O–H groups in total. The van der Waals surface area contributed by atoms with Crippen LogP contribution in [0.5, 0.6) is 0 Å². The minimum absolute atomic E-state index is 0.411. The highest BCUT2D eigenvalue weighted by molar-refractivity contribution is 4.97. The Bertz CT molecular complexity index is 264. The van der Waals surface area contributed by atoms with E-state index in [0.29, 0.717) is 11.5 Å². The molecule has 1 aliphatic rings. The maximum absolute atomic E-state index is 5.25. The van der Waals surface area contributed by atoms with Gasteiger partial charge >= 0.3 is 0 Å². The number of ether oxygens (including phenoxy) is 2. The zero-order valence-corrected chi connectivity index (χ0v) is 14.8. The third-order valence-corrected chi connectivity index (χ3v) is 4.80. The van der Waals surface area contributed by atoms with Gasteiger partial charge in [-0.15, -0.1) is 0 Å². The van der Waals surface area contributed by atoms with Gasteiger partial charge in [0.15, 0.2) is 0 Å². The normalized spacial score (nSPS) is 24.9. The van der Waals surface area contributed by atoms with E-state index in [1.807, 2.05) is 0 Å². The summed E-state index contributed by atoms with van der Waals surface area (Å²) in [5.41, 5.74) is 0.411. The van der Waals surface area contributed by atoms with Crippen LogP contribution in [0.1, 0.15) is 40.0 Å². The van der Waals surface area contributed by atoms with E-state index in [4.69, 9.17) is 9.47 Å². The van der Waals surface area contributed by atoms with Crippen LogP contribution in [0, 0.1) is 11.3 Å². The molecule has 21 heavy (non-hydrogen) atoms. The molecule has 0 aliphatic heterocycles. The van der Waals surface area contributed by atoms with Crippen molar-refractivity contribution in [1.29, 1.82) is 0 Å². The Hall–Kier alpha value is -0.160. The monoisotopic (exact) mass is 300 g/mol. The molecule has 1 fully saturated rings. The lowest BCUT2D eigenvalue weighted by molar-refractivity contribution is 0.0969. The highest BCUT2D eigenvalue weighted by Crippen LogP contribution is 2.41. The molecule has 2 atom stereocenters. The molecule has 0 bridgehead atoms. The van der Waals surface area contributed by atoms with Gasteiger partial charge in [0.2, 0.25) is 0 Å². The van der Waals surface area contributed by atoms with Gasteiger partial charge in [0.05, 0.1) is 13.2 Å². The molecule has 2 unspecified atom stereocenters. The van der Waals surface area contributed by atoms with Crippen LogP contribution in [0.4, 0.5) is 0 Å². The summed E-state index contributed by atoms with van der Waals surface area (Å²) >= 11 is 0. The average Bonchev–Trinajstić information content (AvgIpc) is 2.74. The van der Waals surface area contributed by atoms with Gasteiger partial charge in [-0.1, -0.05) is 20.8 Å². The Morgan fingerprint density at radius 3 is 2.29 bits per heavy atom. The summed E-state index contributed by atoms with van der Waals surface area (Å²) < 4.78 is 10.5. The molecule has 0 saturated heterocycles. The molecule has 4 nitrogen and oxygen atoms in total. The number of methoxy groups -OCH3 is 2. The first-order valence-corrected chi connectivity index (χ1v) is 8.48. The van der Waals surface area contributed by atoms with Crippen molar-refractivity contribution in [1.82, 2.24) is 10.2 Å². The van der Waals surface area contributed by atoms with E-state index < -0.39 is 0 Å². The van der Waals surface area contributed by atoms with Crippen LogP contribution in [0.15, 0.2) is 0 Å². The van der Waals surface area contributed by atoms with E-state index in [1.54, 1.807) is 14.2 Å². The van der Waals surface area contributed by atoms with Crippen LogP contribution in [0.2, 0.25) is 0 Å². The minimum atomic E-state index is 0.411. The van der Waals surface area contributed by atoms with Gasteiger partial charge in [0.25, 0.3) is 0 Å². The second kappa shape index (κ2) is 9.78. The molecule has 1 rings (SSSR count). The Balaban J connectivity index is 2.57. The summed E-state index contributed by atoms with van der Waals surface area (Å²) in [6.45, 7) is 12.9. The zero-order valence-electron chi connectivity index (χ0n) is 14.8. The molecule has 126 valence electrons. The fraction of sp³-hybridized carbons (Fsp3) is 1.00. The highest BCUT2D eigenvalue weighted by Gasteiger charge is 2.41. The summed E-state index contributed by atoms with van der Waals surface area (Å²) in [6.07, 6.45) is 3.85. The van der Waals surface area contributed by atoms with Crippen LogP contribution >= 0.6 is 0 Å². The maximum Gasteiger partial charge on any atom is 0.0589 e. The Morgan fingerprint density at radius 2 is 1.76 bits per heavy atom. The van der Waals surface area contributed by atoms with Crippen molar-refractivity contribution in [2.45, 2.75) is 46.1 Å². The van der Waals surface area contributed by atoms with Gasteiger partial charge in [0, 0.05) is 39.9 Å². The lowest BCUT2D eigenvalue weighted by Gasteiger charge is -2.34. The van der Waals surface area contributed by atoms with E-state index in [9.17, 15) is 0 Å². The van der Waals surface area contributed by atoms with Crippen molar-refractivity contribution < 1.29 is 9.47 Å². The molecule has 0 heterocycles. The molecule has 1 aliphatic carbocycles. The molecule has 0 radical (unpaired) electrons. The van der Waals surface area contributed by atoms with Gasteiger partial charge in [-0.3, -0.25) is 4.90 Å². The van der Waals surface area contributed by atoms with Crippen LogP contribution in [-0.2, 0) is 9.47 Å². The fourth-order valence-electron chi connectivity index (χ4n) is 3.52. The van der Waals surface area contributed by atoms with Crippen molar-refractivity contribution in [2.24, 2.45) is 11.3 Å². The maximum atomic E-state index is 5.25. The summed E-state index contributed by atoms with van der Waals surface area (Å²) in [7, 11) is 3.55. The van der Waals surface area contributed by atoms with E-state index in [1.165, 1.54) is 19.3 Å².